The number of Topliss-reactive ketones (excluding diaryl/α,β-unsaturated/α-hetero) is 1. The largest absolute Gasteiger partial charge is 0.506 e. The van der Waals surface area contributed by atoms with Crippen LogP contribution in [0.1, 0.15) is 33.2 Å². The average Bonchev–Trinajstić information content (AvgIpc) is 2.17. The molecule has 0 amide bonds. The Labute approximate surface area is 80.4 Å². The molecule has 1 rings (SSSR count). The van der Waals surface area contributed by atoms with E-state index in [4.69, 9.17) is 5.26 Å². The minimum atomic E-state index is -0.386. The van der Waals surface area contributed by atoms with Gasteiger partial charge < -0.3 is 5.11 Å². The fourth-order valence-electron chi connectivity index (χ4n) is 1.08. The third-order valence-electron chi connectivity index (χ3n) is 1.77. The van der Waals surface area contributed by atoms with Crippen LogP contribution < -0.4 is 0 Å². The summed E-state index contributed by atoms with van der Waals surface area (Å²) in [6.07, 6.45) is 0.405. The molecule has 0 atom stereocenters. The molecule has 0 saturated carbocycles. The van der Waals surface area contributed by atoms with Crippen LogP contribution in [0, 0.1) is 11.3 Å². The SMILES string of the molecule is CC(=O)c1cc(C#N)cc(C=O)c1O. The Morgan fingerprint density at radius 1 is 1.57 bits per heavy atom. The van der Waals surface area contributed by atoms with Gasteiger partial charge in [-0.2, -0.15) is 5.26 Å². The van der Waals surface area contributed by atoms with Crippen LogP contribution in [-0.4, -0.2) is 17.2 Å². The second-order valence-corrected chi connectivity index (χ2v) is 2.75. The molecule has 0 saturated heterocycles. The van der Waals surface area contributed by atoms with Crippen molar-refractivity contribution in [2.75, 3.05) is 0 Å². The summed E-state index contributed by atoms with van der Waals surface area (Å²) in [7, 11) is 0. The molecule has 0 bridgehead atoms. The Bertz CT molecular complexity index is 443. The molecule has 1 aromatic carbocycles. The predicted octanol–water partition coefficient (Wildman–Crippen LogP) is 1.28. The number of carbonyl (C=O) groups excluding carboxylic acids is 2. The maximum atomic E-state index is 11.0. The highest BCUT2D eigenvalue weighted by molar-refractivity contribution is 6.00. The lowest BCUT2D eigenvalue weighted by Gasteiger charge is -2.03. The number of rotatable bonds is 2. The second-order valence-electron chi connectivity index (χ2n) is 2.75. The van der Waals surface area contributed by atoms with Crippen LogP contribution in [0.4, 0.5) is 0 Å². The van der Waals surface area contributed by atoms with Crippen LogP contribution in [0.25, 0.3) is 0 Å². The first kappa shape index (κ1) is 9.93. The van der Waals surface area contributed by atoms with Crippen LogP contribution in [0.3, 0.4) is 0 Å². The molecule has 14 heavy (non-hydrogen) atoms. The number of aromatic hydroxyl groups is 1. The van der Waals surface area contributed by atoms with Crippen molar-refractivity contribution in [1.29, 1.82) is 5.26 Å². The van der Waals surface area contributed by atoms with E-state index in [1.807, 2.05) is 0 Å². The lowest BCUT2D eigenvalue weighted by molar-refractivity contribution is 0.101. The van der Waals surface area contributed by atoms with Crippen LogP contribution in [0.5, 0.6) is 5.75 Å². The molecule has 0 spiro atoms. The molecule has 1 aromatic rings. The Hall–Kier alpha value is -2.15. The normalized spacial score (nSPS) is 9.14. The number of phenolic OH excluding ortho intramolecular Hbond substituents is 1. The van der Waals surface area contributed by atoms with Gasteiger partial charge >= 0.3 is 0 Å². The van der Waals surface area contributed by atoms with E-state index in [0.29, 0.717) is 6.29 Å². The molecule has 0 radical (unpaired) electrons. The second kappa shape index (κ2) is 3.71. The van der Waals surface area contributed by atoms with Crippen molar-refractivity contribution in [2.24, 2.45) is 0 Å². The van der Waals surface area contributed by atoms with Crippen molar-refractivity contribution in [3.05, 3.63) is 28.8 Å². The summed E-state index contributed by atoms with van der Waals surface area (Å²) in [4.78, 5) is 21.5. The lowest BCUT2D eigenvalue weighted by atomic mass is 10.0. The quantitative estimate of drug-likeness (QED) is 0.561. The van der Waals surface area contributed by atoms with E-state index in [1.54, 1.807) is 6.07 Å². The summed E-state index contributed by atoms with van der Waals surface area (Å²) >= 11 is 0. The van der Waals surface area contributed by atoms with Crippen LogP contribution >= 0.6 is 0 Å². The van der Waals surface area contributed by atoms with Gasteiger partial charge in [-0.1, -0.05) is 0 Å². The zero-order valence-electron chi connectivity index (χ0n) is 7.44. The van der Waals surface area contributed by atoms with Crippen molar-refractivity contribution in [3.8, 4) is 11.8 Å². The van der Waals surface area contributed by atoms with Crippen LogP contribution in [0.15, 0.2) is 12.1 Å². The Morgan fingerprint density at radius 2 is 2.21 bits per heavy atom. The first-order chi connectivity index (χ1) is 6.60. The lowest BCUT2D eigenvalue weighted by Crippen LogP contribution is -1.97. The number of ketones is 1. The molecule has 0 aliphatic heterocycles. The Morgan fingerprint density at radius 3 is 2.64 bits per heavy atom. The number of hydrogen-bond acceptors (Lipinski definition) is 4. The van der Waals surface area contributed by atoms with E-state index in [9.17, 15) is 14.7 Å². The zero-order chi connectivity index (χ0) is 10.7. The minimum absolute atomic E-state index is 0.00819. The fourth-order valence-corrected chi connectivity index (χ4v) is 1.08. The highest BCUT2D eigenvalue weighted by Crippen LogP contribution is 2.23. The van der Waals surface area contributed by atoms with Gasteiger partial charge in [0.2, 0.25) is 0 Å². The standard InChI is InChI=1S/C10H7NO3/c1-6(13)9-3-7(4-11)2-8(5-12)10(9)14/h2-3,5,14H,1H3. The van der Waals surface area contributed by atoms with Gasteiger partial charge in [-0.3, -0.25) is 9.59 Å². The van der Waals surface area contributed by atoms with Crippen molar-refractivity contribution < 1.29 is 14.7 Å². The number of carbonyl (C=O) groups is 2. The maximum Gasteiger partial charge on any atom is 0.163 e. The van der Waals surface area contributed by atoms with E-state index in [-0.39, 0.29) is 28.2 Å². The highest BCUT2D eigenvalue weighted by Gasteiger charge is 2.12. The van der Waals surface area contributed by atoms with Gasteiger partial charge in [0.05, 0.1) is 22.8 Å². The molecule has 0 aliphatic rings. The van der Waals surface area contributed by atoms with E-state index in [0.717, 1.165) is 0 Å². The van der Waals surface area contributed by atoms with Crippen LogP contribution in [0.2, 0.25) is 0 Å². The topological polar surface area (TPSA) is 78.2 Å². The van der Waals surface area contributed by atoms with Gasteiger partial charge in [0.25, 0.3) is 0 Å². The molecule has 4 nitrogen and oxygen atoms in total. The first-order valence-electron chi connectivity index (χ1n) is 3.83. The van der Waals surface area contributed by atoms with Crippen molar-refractivity contribution >= 4 is 12.1 Å². The summed E-state index contributed by atoms with van der Waals surface area (Å²) in [5.74, 6) is -0.755. The van der Waals surface area contributed by atoms with Gasteiger partial charge in [0, 0.05) is 0 Å². The molecule has 0 aromatic heterocycles. The molecule has 1 N–H and O–H groups in total. The Balaban J connectivity index is 3.51. The average molecular weight is 189 g/mol. The number of nitrogens with zero attached hydrogens (tertiary/aromatic N) is 1. The fraction of sp³-hybridized carbons (Fsp3) is 0.100. The van der Waals surface area contributed by atoms with Crippen LogP contribution in [-0.2, 0) is 0 Å². The number of nitriles is 1. The maximum absolute atomic E-state index is 11.0. The molecule has 0 fully saturated rings. The molecular weight excluding hydrogens is 182 g/mol. The molecule has 4 heteroatoms. The van der Waals surface area contributed by atoms with E-state index < -0.39 is 0 Å². The summed E-state index contributed by atoms with van der Waals surface area (Å²) in [6.45, 7) is 1.25. The third kappa shape index (κ3) is 1.62. The number of benzene rings is 1. The molecule has 70 valence electrons. The Kier molecular flexibility index (Phi) is 2.63. The number of phenols is 1. The minimum Gasteiger partial charge on any atom is -0.506 e. The molecular formula is C10H7NO3. The zero-order valence-corrected chi connectivity index (χ0v) is 7.44. The third-order valence-corrected chi connectivity index (χ3v) is 1.77. The molecule has 0 unspecified atom stereocenters. The van der Waals surface area contributed by atoms with Gasteiger partial charge in [0.1, 0.15) is 5.75 Å². The summed E-state index contributed by atoms with van der Waals surface area (Å²) in [5.41, 5.74) is 0.121. The van der Waals surface area contributed by atoms with Gasteiger partial charge in [-0.15, -0.1) is 0 Å². The van der Waals surface area contributed by atoms with Gasteiger partial charge in [0.15, 0.2) is 12.1 Å². The molecule has 0 aliphatic carbocycles. The summed E-state index contributed by atoms with van der Waals surface area (Å²) in [6, 6.07) is 4.29. The number of hydrogen-bond donors (Lipinski definition) is 1. The van der Waals surface area contributed by atoms with Gasteiger partial charge in [-0.05, 0) is 19.1 Å². The smallest absolute Gasteiger partial charge is 0.163 e. The van der Waals surface area contributed by atoms with E-state index in [1.165, 1.54) is 19.1 Å². The predicted molar refractivity (Wildman–Crippen MR) is 48.2 cm³/mol. The summed E-state index contributed by atoms with van der Waals surface area (Å²) in [5, 5.41) is 18.0. The van der Waals surface area contributed by atoms with Gasteiger partial charge in [-0.25, -0.2) is 0 Å². The molecule has 0 heterocycles. The van der Waals surface area contributed by atoms with E-state index in [2.05, 4.69) is 0 Å². The highest BCUT2D eigenvalue weighted by atomic mass is 16.3. The van der Waals surface area contributed by atoms with Crippen molar-refractivity contribution in [3.63, 3.8) is 0 Å². The number of aldehydes is 1. The van der Waals surface area contributed by atoms with E-state index >= 15 is 0 Å². The monoisotopic (exact) mass is 189 g/mol. The van der Waals surface area contributed by atoms with Crippen molar-refractivity contribution in [2.45, 2.75) is 6.92 Å². The first-order valence-corrected chi connectivity index (χ1v) is 3.83. The van der Waals surface area contributed by atoms with Crippen molar-refractivity contribution in [1.82, 2.24) is 0 Å². The summed E-state index contributed by atoms with van der Waals surface area (Å²) < 4.78 is 0.